The smallest absolute Gasteiger partial charge is 0.329 e. The molecule has 0 spiro atoms. The highest BCUT2D eigenvalue weighted by atomic mass is 19.4. The lowest BCUT2D eigenvalue weighted by Crippen LogP contribution is -2.59. The quantitative estimate of drug-likeness (QED) is 0.584. The van der Waals surface area contributed by atoms with Gasteiger partial charge in [-0.2, -0.15) is 13.2 Å². The van der Waals surface area contributed by atoms with E-state index in [1.165, 1.54) is 13.1 Å². The third-order valence-corrected chi connectivity index (χ3v) is 5.08. The minimum absolute atomic E-state index is 0.0432. The third kappa shape index (κ3) is 3.55. The van der Waals surface area contributed by atoms with Crippen LogP contribution in [-0.4, -0.2) is 43.9 Å². The number of imidazole rings is 1. The van der Waals surface area contributed by atoms with Crippen LogP contribution in [0.1, 0.15) is 5.56 Å². The number of hydrogen-bond donors (Lipinski definition) is 0. The Bertz CT molecular complexity index is 1250. The van der Waals surface area contributed by atoms with Crippen molar-refractivity contribution in [2.24, 2.45) is 7.05 Å². The molecule has 1 saturated heterocycles. The molecule has 1 aliphatic rings. The number of pyridine rings is 1. The number of nitrogens with zero attached hydrogens (tertiary/aromatic N) is 4. The second-order valence-electron chi connectivity index (χ2n) is 7.27. The average Bonchev–Trinajstić information content (AvgIpc) is 2.89. The normalized spacial score (nSPS) is 15.9. The minimum Gasteiger partial charge on any atom is -0.329 e. The van der Waals surface area contributed by atoms with E-state index in [0.29, 0.717) is 6.07 Å². The Labute approximate surface area is 170 Å². The Kier molecular flexibility index (Phi) is 4.63. The molecule has 6 nitrogen and oxygen atoms in total. The van der Waals surface area contributed by atoms with Crippen molar-refractivity contribution in [1.82, 2.24) is 19.0 Å². The number of rotatable bonds is 3. The fourth-order valence-corrected chi connectivity index (χ4v) is 3.48. The number of likely N-dealkylation sites (tertiary alicyclic amines) is 1. The lowest BCUT2D eigenvalue weighted by molar-refractivity contribution is -0.166. The second kappa shape index (κ2) is 6.86. The van der Waals surface area contributed by atoms with Gasteiger partial charge in [0, 0.05) is 24.4 Å². The Morgan fingerprint density at radius 1 is 1.23 bits per heavy atom. The summed E-state index contributed by atoms with van der Waals surface area (Å²) in [7, 11) is 1.36. The number of aryl methyl sites for hydroxylation is 1. The number of benzene rings is 1. The first-order chi connectivity index (χ1) is 14.4. The molecule has 12 heteroatoms. The first-order valence-corrected chi connectivity index (χ1v) is 8.96. The molecule has 1 aliphatic heterocycles. The molecule has 0 atom stereocenters. The molecule has 0 saturated carbocycles. The summed E-state index contributed by atoms with van der Waals surface area (Å²) < 4.78 is 81.7. The number of amides is 1. The van der Waals surface area contributed by atoms with Gasteiger partial charge < -0.3 is 4.90 Å². The van der Waals surface area contributed by atoms with Crippen LogP contribution in [0.4, 0.5) is 26.3 Å². The monoisotopic (exact) mass is 444 g/mol. The molecular formula is C19H14F6N4O2. The number of halogens is 6. The zero-order valence-corrected chi connectivity index (χ0v) is 15.9. The third-order valence-electron chi connectivity index (χ3n) is 5.08. The molecule has 1 amide bonds. The van der Waals surface area contributed by atoms with E-state index in [2.05, 4.69) is 4.98 Å². The van der Waals surface area contributed by atoms with Crippen molar-refractivity contribution in [3.05, 3.63) is 52.3 Å². The highest BCUT2D eigenvalue weighted by Crippen LogP contribution is 2.36. The van der Waals surface area contributed by atoms with Crippen LogP contribution in [0.3, 0.4) is 0 Å². The summed E-state index contributed by atoms with van der Waals surface area (Å²) in [5, 5.41) is 0. The van der Waals surface area contributed by atoms with Crippen molar-refractivity contribution in [1.29, 1.82) is 0 Å². The molecule has 0 bridgehead atoms. The maximum Gasteiger partial charge on any atom is 0.419 e. The van der Waals surface area contributed by atoms with E-state index in [1.54, 1.807) is 0 Å². The van der Waals surface area contributed by atoms with Crippen LogP contribution in [0.25, 0.3) is 22.3 Å². The summed E-state index contributed by atoms with van der Waals surface area (Å²) in [4.78, 5) is 29.7. The van der Waals surface area contributed by atoms with E-state index in [-0.39, 0.29) is 22.3 Å². The summed E-state index contributed by atoms with van der Waals surface area (Å²) in [6, 6.07) is 4.01. The molecular weight excluding hydrogens is 430 g/mol. The molecule has 0 aliphatic carbocycles. The Hall–Kier alpha value is -3.31. The van der Waals surface area contributed by atoms with E-state index in [4.69, 9.17) is 0 Å². The van der Waals surface area contributed by atoms with Gasteiger partial charge >= 0.3 is 11.9 Å². The van der Waals surface area contributed by atoms with Crippen molar-refractivity contribution in [3.63, 3.8) is 0 Å². The molecule has 0 N–H and O–H groups in total. The van der Waals surface area contributed by atoms with Gasteiger partial charge in [-0.1, -0.05) is 12.1 Å². The van der Waals surface area contributed by atoms with E-state index in [0.717, 1.165) is 32.4 Å². The van der Waals surface area contributed by atoms with E-state index in [1.807, 2.05) is 0 Å². The fraction of sp³-hybridized carbons (Fsp3) is 0.316. The number of carbonyl (C=O) groups excluding carboxylic acids is 1. The first-order valence-electron chi connectivity index (χ1n) is 8.96. The van der Waals surface area contributed by atoms with Crippen molar-refractivity contribution < 1.29 is 31.1 Å². The molecule has 1 aromatic carbocycles. The van der Waals surface area contributed by atoms with Crippen molar-refractivity contribution >= 4 is 17.1 Å². The molecule has 4 rings (SSSR count). The largest absolute Gasteiger partial charge is 0.419 e. The van der Waals surface area contributed by atoms with Gasteiger partial charge in [0.05, 0.1) is 24.2 Å². The van der Waals surface area contributed by atoms with Gasteiger partial charge in [0.15, 0.2) is 5.65 Å². The topological polar surface area (TPSA) is 60.1 Å². The predicted octanol–water partition coefficient (Wildman–Crippen LogP) is 3.04. The van der Waals surface area contributed by atoms with Gasteiger partial charge in [-0.3, -0.25) is 13.9 Å². The van der Waals surface area contributed by atoms with E-state index in [9.17, 15) is 35.9 Å². The summed E-state index contributed by atoms with van der Waals surface area (Å²) >= 11 is 0. The summed E-state index contributed by atoms with van der Waals surface area (Å²) in [6.07, 6.45) is -3.79. The van der Waals surface area contributed by atoms with Crippen molar-refractivity contribution in [2.75, 3.05) is 13.1 Å². The Balaban J connectivity index is 1.77. The summed E-state index contributed by atoms with van der Waals surface area (Å²) in [6.45, 7) is -2.09. The zero-order chi connectivity index (χ0) is 22.7. The Morgan fingerprint density at radius 2 is 1.90 bits per heavy atom. The van der Waals surface area contributed by atoms with Crippen LogP contribution in [-0.2, 0) is 24.6 Å². The summed E-state index contributed by atoms with van der Waals surface area (Å²) in [5.74, 6) is -5.20. The number of carbonyl (C=O) groups is 1. The lowest BCUT2D eigenvalue weighted by Gasteiger charge is -2.38. The average molecular weight is 444 g/mol. The maximum absolute atomic E-state index is 14.5. The number of fused-ring (bicyclic) bond motifs is 1. The number of aromatic nitrogens is 3. The van der Waals surface area contributed by atoms with Crippen LogP contribution in [0, 0.1) is 5.82 Å². The number of hydrogen-bond acceptors (Lipinski definition) is 3. The SMILES string of the molecule is Cn1c(=O)n(CC(=O)N2CC(F)(F)C2)c2cc(-c3cccc(C(F)(F)F)c3F)cnc21. The van der Waals surface area contributed by atoms with E-state index >= 15 is 0 Å². The molecule has 31 heavy (non-hydrogen) atoms. The van der Waals surface area contributed by atoms with Gasteiger partial charge in [-0.15, -0.1) is 0 Å². The molecule has 0 unspecified atom stereocenters. The van der Waals surface area contributed by atoms with Crippen molar-refractivity contribution in [3.8, 4) is 11.1 Å². The van der Waals surface area contributed by atoms with E-state index < -0.39 is 54.7 Å². The first kappa shape index (κ1) is 20.9. The standard InChI is InChI=1S/C19H14F6N4O2/c1-27-16-13(29(17(27)31)7-14(30)28-8-18(21,22)9-28)5-10(6-26-16)11-3-2-4-12(15(11)20)19(23,24)25/h2-6H,7-9H2,1H3. The second-order valence-corrected chi connectivity index (χ2v) is 7.27. The molecule has 2 aromatic heterocycles. The highest BCUT2D eigenvalue weighted by Gasteiger charge is 2.46. The van der Waals surface area contributed by atoms with Crippen LogP contribution in [0.5, 0.6) is 0 Å². The van der Waals surface area contributed by atoms with Gasteiger partial charge in [0.2, 0.25) is 5.91 Å². The lowest BCUT2D eigenvalue weighted by atomic mass is 10.0. The zero-order valence-electron chi connectivity index (χ0n) is 15.9. The van der Waals surface area contributed by atoms with Crippen LogP contribution in [0.15, 0.2) is 35.3 Å². The van der Waals surface area contributed by atoms with Crippen LogP contribution >= 0.6 is 0 Å². The number of alkyl halides is 5. The van der Waals surface area contributed by atoms with Gasteiger partial charge in [0.1, 0.15) is 12.4 Å². The minimum atomic E-state index is -4.90. The highest BCUT2D eigenvalue weighted by molar-refractivity contribution is 5.82. The van der Waals surface area contributed by atoms with Crippen LogP contribution in [0.2, 0.25) is 0 Å². The van der Waals surface area contributed by atoms with Gasteiger partial charge in [0.25, 0.3) is 5.92 Å². The maximum atomic E-state index is 14.5. The van der Waals surface area contributed by atoms with Gasteiger partial charge in [-0.25, -0.2) is 22.9 Å². The fourth-order valence-electron chi connectivity index (χ4n) is 3.48. The molecule has 3 heterocycles. The predicted molar refractivity (Wildman–Crippen MR) is 96.9 cm³/mol. The molecule has 164 valence electrons. The molecule has 0 radical (unpaired) electrons. The van der Waals surface area contributed by atoms with Crippen molar-refractivity contribution in [2.45, 2.75) is 18.6 Å². The van der Waals surface area contributed by atoms with Gasteiger partial charge in [-0.05, 0) is 12.1 Å². The molecule has 1 fully saturated rings. The summed E-state index contributed by atoms with van der Waals surface area (Å²) in [5.41, 5.74) is -2.40. The molecule has 3 aromatic rings. The van der Waals surface area contributed by atoms with Crippen LogP contribution < -0.4 is 5.69 Å². The Morgan fingerprint density at radius 3 is 2.52 bits per heavy atom.